The second-order valence-electron chi connectivity index (χ2n) is 5.99. The van der Waals surface area contributed by atoms with Crippen LogP contribution in [-0.2, 0) is 4.79 Å². The molecular formula is C18H22ClFN4O2. The highest BCUT2D eigenvalue weighted by Crippen LogP contribution is 2.33. The number of benzene rings is 1. The van der Waals surface area contributed by atoms with E-state index in [1.807, 2.05) is 4.90 Å². The maximum absolute atomic E-state index is 13.0. The molecule has 1 aliphatic heterocycles. The highest BCUT2D eigenvalue weighted by Gasteiger charge is 2.27. The first-order chi connectivity index (χ1) is 12.2. The maximum Gasteiger partial charge on any atom is 0.241 e. The van der Waals surface area contributed by atoms with Crippen LogP contribution in [-0.4, -0.2) is 47.5 Å². The zero-order valence-electron chi connectivity index (χ0n) is 14.5. The number of aromatic nitrogens is 2. The van der Waals surface area contributed by atoms with Crippen molar-refractivity contribution in [2.24, 2.45) is 0 Å². The van der Waals surface area contributed by atoms with Crippen molar-refractivity contribution in [2.45, 2.75) is 18.8 Å². The molecule has 0 saturated carbocycles. The molecule has 1 aromatic heterocycles. The number of rotatable bonds is 5. The molecule has 0 atom stereocenters. The molecule has 2 heterocycles. The predicted molar refractivity (Wildman–Crippen MR) is 98.2 cm³/mol. The molecule has 0 unspecified atom stereocenters. The summed E-state index contributed by atoms with van der Waals surface area (Å²) in [4.78, 5) is 22.6. The van der Waals surface area contributed by atoms with Crippen LogP contribution in [0.4, 0.5) is 4.39 Å². The highest BCUT2D eigenvalue weighted by molar-refractivity contribution is 5.85. The lowest BCUT2D eigenvalue weighted by molar-refractivity contribution is -0.131. The van der Waals surface area contributed by atoms with Gasteiger partial charge in [0, 0.05) is 31.4 Å². The van der Waals surface area contributed by atoms with Crippen LogP contribution in [0.5, 0.6) is 11.6 Å². The lowest BCUT2D eigenvalue weighted by atomic mass is 9.93. The molecule has 1 fully saturated rings. The molecule has 26 heavy (non-hydrogen) atoms. The van der Waals surface area contributed by atoms with Gasteiger partial charge in [0.15, 0.2) is 0 Å². The third-order valence-corrected chi connectivity index (χ3v) is 4.28. The number of carbonyl (C=O) groups excluding carboxylic acids is 1. The van der Waals surface area contributed by atoms with Crippen molar-refractivity contribution in [1.82, 2.24) is 20.2 Å². The van der Waals surface area contributed by atoms with Gasteiger partial charge in [0.2, 0.25) is 11.8 Å². The topological polar surface area (TPSA) is 67.4 Å². The monoisotopic (exact) mass is 380 g/mol. The molecule has 1 aromatic carbocycles. The fourth-order valence-electron chi connectivity index (χ4n) is 2.97. The highest BCUT2D eigenvalue weighted by atomic mass is 35.5. The lowest BCUT2D eigenvalue weighted by Gasteiger charge is -2.32. The summed E-state index contributed by atoms with van der Waals surface area (Å²) in [6.07, 6.45) is 4.85. The first-order valence-corrected chi connectivity index (χ1v) is 8.34. The quantitative estimate of drug-likeness (QED) is 0.863. The van der Waals surface area contributed by atoms with E-state index >= 15 is 0 Å². The number of hydrogen-bond acceptors (Lipinski definition) is 5. The number of likely N-dealkylation sites (tertiary alicyclic amines) is 1. The largest absolute Gasteiger partial charge is 0.437 e. The summed E-state index contributed by atoms with van der Waals surface area (Å²) in [7, 11) is 1.77. The zero-order valence-corrected chi connectivity index (χ0v) is 15.3. The second kappa shape index (κ2) is 9.45. The number of nitrogens with zero attached hydrogens (tertiary/aromatic N) is 3. The van der Waals surface area contributed by atoms with Gasteiger partial charge in [0.25, 0.3) is 0 Å². The van der Waals surface area contributed by atoms with Gasteiger partial charge < -0.3 is 15.0 Å². The Kier molecular flexibility index (Phi) is 7.29. The summed E-state index contributed by atoms with van der Waals surface area (Å²) in [6, 6.07) is 5.81. The van der Waals surface area contributed by atoms with Gasteiger partial charge in [-0.15, -0.1) is 12.4 Å². The molecule has 3 rings (SSSR count). The summed E-state index contributed by atoms with van der Waals surface area (Å²) in [6.45, 7) is 1.74. The molecule has 1 amide bonds. The summed E-state index contributed by atoms with van der Waals surface area (Å²) < 4.78 is 18.8. The molecule has 0 spiro atoms. The fourth-order valence-corrected chi connectivity index (χ4v) is 2.97. The number of piperidine rings is 1. The predicted octanol–water partition coefficient (Wildman–Crippen LogP) is 2.76. The molecule has 1 N–H and O–H groups in total. The standard InChI is InChI=1S/C18H21FN4O2.ClH/c1-20-12-16(24)23-10-6-13(7-11-23)17-18(22-9-8-21-17)25-15-4-2-14(19)3-5-15;/h2-5,8-9,13,20H,6-7,10-12H2,1H3;1H. The van der Waals surface area contributed by atoms with Crippen molar-refractivity contribution in [2.75, 3.05) is 26.7 Å². The van der Waals surface area contributed by atoms with Gasteiger partial charge in [-0.05, 0) is 44.2 Å². The van der Waals surface area contributed by atoms with E-state index < -0.39 is 0 Å². The van der Waals surface area contributed by atoms with E-state index in [2.05, 4.69) is 15.3 Å². The maximum atomic E-state index is 13.0. The van der Waals surface area contributed by atoms with E-state index in [1.54, 1.807) is 31.6 Å². The summed E-state index contributed by atoms with van der Waals surface area (Å²) in [5, 5.41) is 2.89. The Morgan fingerprint density at radius 2 is 1.88 bits per heavy atom. The first-order valence-electron chi connectivity index (χ1n) is 8.34. The minimum absolute atomic E-state index is 0. The third-order valence-electron chi connectivity index (χ3n) is 4.28. The normalized spacial score (nSPS) is 14.6. The SMILES string of the molecule is CNCC(=O)N1CCC(c2nccnc2Oc2ccc(F)cc2)CC1.Cl. The number of hydrogen-bond donors (Lipinski definition) is 1. The van der Waals surface area contributed by atoms with Gasteiger partial charge in [0.1, 0.15) is 17.3 Å². The average Bonchev–Trinajstić information content (AvgIpc) is 2.64. The van der Waals surface area contributed by atoms with Crippen molar-refractivity contribution < 1.29 is 13.9 Å². The van der Waals surface area contributed by atoms with Crippen molar-refractivity contribution in [3.8, 4) is 11.6 Å². The number of ether oxygens (including phenoxy) is 1. The third kappa shape index (κ3) is 4.89. The summed E-state index contributed by atoms with van der Waals surface area (Å²) in [5.41, 5.74) is 0.785. The molecule has 8 heteroatoms. The molecule has 6 nitrogen and oxygen atoms in total. The first kappa shape index (κ1) is 20.1. The molecule has 140 valence electrons. The number of halogens is 2. The number of likely N-dealkylation sites (N-methyl/N-ethyl adjacent to an activating group) is 1. The van der Waals surface area contributed by atoms with Crippen LogP contribution in [0.25, 0.3) is 0 Å². The minimum atomic E-state index is -0.315. The van der Waals surface area contributed by atoms with Crippen molar-refractivity contribution >= 4 is 18.3 Å². The van der Waals surface area contributed by atoms with Crippen LogP contribution in [0, 0.1) is 5.82 Å². The van der Waals surface area contributed by atoms with E-state index in [1.165, 1.54) is 12.1 Å². The van der Waals surface area contributed by atoms with Crippen LogP contribution < -0.4 is 10.1 Å². The molecule has 1 aliphatic rings. The molecule has 0 bridgehead atoms. The average molecular weight is 381 g/mol. The van der Waals surface area contributed by atoms with E-state index in [0.29, 0.717) is 31.3 Å². The van der Waals surface area contributed by atoms with Gasteiger partial charge in [-0.1, -0.05) is 0 Å². The van der Waals surface area contributed by atoms with Gasteiger partial charge in [-0.3, -0.25) is 9.78 Å². The van der Waals surface area contributed by atoms with Gasteiger partial charge >= 0.3 is 0 Å². The zero-order chi connectivity index (χ0) is 17.6. The Hall–Kier alpha value is -2.25. The lowest BCUT2D eigenvalue weighted by Crippen LogP contribution is -2.42. The van der Waals surface area contributed by atoms with Crippen molar-refractivity contribution in [1.29, 1.82) is 0 Å². The number of nitrogens with one attached hydrogen (secondary N) is 1. The number of amides is 1. The van der Waals surface area contributed by atoms with Crippen LogP contribution in [0.15, 0.2) is 36.7 Å². The Labute approximate surface area is 158 Å². The molecule has 2 aromatic rings. The van der Waals surface area contributed by atoms with E-state index in [0.717, 1.165) is 18.5 Å². The summed E-state index contributed by atoms with van der Waals surface area (Å²) in [5.74, 6) is 0.940. The molecule has 0 aliphatic carbocycles. The molecular weight excluding hydrogens is 359 g/mol. The smallest absolute Gasteiger partial charge is 0.241 e. The summed E-state index contributed by atoms with van der Waals surface area (Å²) >= 11 is 0. The van der Waals surface area contributed by atoms with Gasteiger partial charge in [0.05, 0.1) is 6.54 Å². The van der Waals surface area contributed by atoms with Gasteiger partial charge in [-0.25, -0.2) is 9.37 Å². The molecule has 1 saturated heterocycles. The van der Waals surface area contributed by atoms with Gasteiger partial charge in [-0.2, -0.15) is 0 Å². The van der Waals surface area contributed by atoms with E-state index in [9.17, 15) is 9.18 Å². The van der Waals surface area contributed by atoms with Crippen LogP contribution in [0.1, 0.15) is 24.5 Å². The molecule has 0 radical (unpaired) electrons. The Morgan fingerprint density at radius 1 is 1.23 bits per heavy atom. The van der Waals surface area contributed by atoms with E-state index in [4.69, 9.17) is 4.74 Å². The minimum Gasteiger partial charge on any atom is -0.437 e. The van der Waals surface area contributed by atoms with E-state index in [-0.39, 0.29) is 30.0 Å². The van der Waals surface area contributed by atoms with Crippen LogP contribution >= 0.6 is 12.4 Å². The van der Waals surface area contributed by atoms with Crippen LogP contribution in [0.2, 0.25) is 0 Å². The van der Waals surface area contributed by atoms with Crippen molar-refractivity contribution in [3.63, 3.8) is 0 Å². The van der Waals surface area contributed by atoms with Crippen LogP contribution in [0.3, 0.4) is 0 Å². The number of carbonyl (C=O) groups is 1. The Balaban J connectivity index is 0.00000243. The Morgan fingerprint density at radius 3 is 2.54 bits per heavy atom. The fraction of sp³-hybridized carbons (Fsp3) is 0.389. The second-order valence-corrected chi connectivity index (χ2v) is 5.99. The Bertz CT molecular complexity index is 721. The van der Waals surface area contributed by atoms with Crippen molar-refractivity contribution in [3.05, 3.63) is 48.2 Å².